The Balaban J connectivity index is 2.10. The summed E-state index contributed by atoms with van der Waals surface area (Å²) in [7, 11) is 1.67. The van der Waals surface area contributed by atoms with Crippen LogP contribution in [-0.4, -0.2) is 20.3 Å². The molecule has 2 aromatic carbocycles. The fourth-order valence-corrected chi connectivity index (χ4v) is 2.15. The first kappa shape index (κ1) is 15.9. The maximum Gasteiger partial charge on any atom is 0.144 e. The molecule has 0 unspecified atom stereocenters. The summed E-state index contributed by atoms with van der Waals surface area (Å²) in [5.41, 5.74) is 1.00. The molecule has 0 amide bonds. The highest BCUT2D eigenvalue weighted by Crippen LogP contribution is 2.32. The van der Waals surface area contributed by atoms with Crippen molar-refractivity contribution >= 4 is 15.9 Å². The number of benzene rings is 2. The average Bonchev–Trinajstić information content (AvgIpc) is 2.49. The van der Waals surface area contributed by atoms with Crippen LogP contribution < -0.4 is 10.1 Å². The molecule has 112 valence electrons. The van der Waals surface area contributed by atoms with Crippen molar-refractivity contribution in [3.8, 4) is 11.5 Å². The van der Waals surface area contributed by atoms with Crippen molar-refractivity contribution in [1.29, 1.82) is 0 Å². The minimum Gasteiger partial charge on any atom is -0.456 e. The highest BCUT2D eigenvalue weighted by molar-refractivity contribution is 9.10. The number of halogens is 2. The molecule has 0 aliphatic heterocycles. The molecule has 21 heavy (non-hydrogen) atoms. The molecular formula is C16H17BrFNO2. The molecular weight excluding hydrogens is 337 g/mol. The maximum absolute atomic E-state index is 13.3. The molecule has 0 fully saturated rings. The molecule has 3 nitrogen and oxygen atoms in total. The Morgan fingerprint density at radius 2 is 1.95 bits per heavy atom. The highest BCUT2D eigenvalue weighted by atomic mass is 79.9. The van der Waals surface area contributed by atoms with Crippen molar-refractivity contribution in [3.05, 3.63) is 58.3 Å². The minimum absolute atomic E-state index is 0.330. The quantitative estimate of drug-likeness (QED) is 0.759. The second-order valence-corrected chi connectivity index (χ2v) is 5.31. The Bertz CT molecular complexity index is 592. The summed E-state index contributed by atoms with van der Waals surface area (Å²) in [6, 6.07) is 12.0. The smallest absolute Gasteiger partial charge is 0.144 e. The molecule has 0 bridgehead atoms. The Morgan fingerprint density at radius 3 is 2.76 bits per heavy atom. The molecule has 0 saturated heterocycles. The van der Waals surface area contributed by atoms with Gasteiger partial charge in [0.05, 0.1) is 11.1 Å². The van der Waals surface area contributed by atoms with Gasteiger partial charge in [-0.15, -0.1) is 0 Å². The second kappa shape index (κ2) is 8.12. The van der Waals surface area contributed by atoms with Crippen molar-refractivity contribution in [1.82, 2.24) is 5.32 Å². The third kappa shape index (κ3) is 4.81. The van der Waals surface area contributed by atoms with Crippen LogP contribution in [0.4, 0.5) is 4.39 Å². The van der Waals surface area contributed by atoms with Crippen LogP contribution in [-0.2, 0) is 11.3 Å². The maximum atomic E-state index is 13.3. The number of ether oxygens (including phenoxy) is 2. The third-order valence-corrected chi connectivity index (χ3v) is 3.54. The summed E-state index contributed by atoms with van der Waals surface area (Å²) in [4.78, 5) is 0. The molecule has 1 N–H and O–H groups in total. The SMILES string of the molecule is COCCNCc1ccccc1Oc1cc(F)ccc1Br. The number of nitrogens with one attached hydrogen (secondary N) is 1. The summed E-state index contributed by atoms with van der Waals surface area (Å²) in [6.45, 7) is 2.07. The predicted octanol–water partition coefficient (Wildman–Crippen LogP) is 4.12. The van der Waals surface area contributed by atoms with E-state index in [1.54, 1.807) is 13.2 Å². The second-order valence-electron chi connectivity index (χ2n) is 4.45. The van der Waals surface area contributed by atoms with Gasteiger partial charge in [-0.1, -0.05) is 18.2 Å². The summed E-state index contributed by atoms with van der Waals surface area (Å²) >= 11 is 3.36. The monoisotopic (exact) mass is 353 g/mol. The first-order valence-corrected chi connectivity index (χ1v) is 7.40. The molecule has 2 rings (SSSR count). The van der Waals surface area contributed by atoms with E-state index in [-0.39, 0.29) is 5.82 Å². The molecule has 0 atom stereocenters. The van der Waals surface area contributed by atoms with Gasteiger partial charge in [0.15, 0.2) is 0 Å². The van der Waals surface area contributed by atoms with Gasteiger partial charge in [0.25, 0.3) is 0 Å². The molecule has 0 aromatic heterocycles. The van der Waals surface area contributed by atoms with Crippen LogP contribution in [0.5, 0.6) is 11.5 Å². The number of para-hydroxylation sites is 1. The summed E-state index contributed by atoms with van der Waals surface area (Å²) in [5, 5.41) is 3.26. The molecule has 0 heterocycles. The zero-order chi connectivity index (χ0) is 15.1. The van der Waals surface area contributed by atoms with Crippen LogP contribution in [0, 0.1) is 5.82 Å². The third-order valence-electron chi connectivity index (χ3n) is 2.88. The molecule has 0 spiro atoms. The van der Waals surface area contributed by atoms with Crippen LogP contribution in [0.2, 0.25) is 0 Å². The van der Waals surface area contributed by atoms with Crippen molar-refractivity contribution in [2.75, 3.05) is 20.3 Å². The molecule has 0 radical (unpaired) electrons. The van der Waals surface area contributed by atoms with Gasteiger partial charge in [0.1, 0.15) is 17.3 Å². The predicted molar refractivity (Wildman–Crippen MR) is 84.2 cm³/mol. The van der Waals surface area contributed by atoms with Crippen molar-refractivity contribution in [2.45, 2.75) is 6.54 Å². The van der Waals surface area contributed by atoms with Crippen LogP contribution in [0.25, 0.3) is 0 Å². The molecule has 2 aromatic rings. The van der Waals surface area contributed by atoms with Gasteiger partial charge in [-0.05, 0) is 34.1 Å². The van der Waals surface area contributed by atoms with E-state index in [4.69, 9.17) is 9.47 Å². The lowest BCUT2D eigenvalue weighted by molar-refractivity contribution is 0.199. The lowest BCUT2D eigenvalue weighted by Crippen LogP contribution is -2.18. The first-order valence-electron chi connectivity index (χ1n) is 6.61. The fraction of sp³-hybridized carbons (Fsp3) is 0.250. The van der Waals surface area contributed by atoms with Crippen LogP contribution >= 0.6 is 15.9 Å². The van der Waals surface area contributed by atoms with Crippen molar-refractivity contribution in [2.24, 2.45) is 0 Å². The zero-order valence-electron chi connectivity index (χ0n) is 11.7. The highest BCUT2D eigenvalue weighted by Gasteiger charge is 2.08. The molecule has 0 aliphatic carbocycles. The fourth-order valence-electron chi connectivity index (χ4n) is 1.82. The van der Waals surface area contributed by atoms with Crippen molar-refractivity contribution in [3.63, 3.8) is 0 Å². The Hall–Kier alpha value is -1.43. The van der Waals surface area contributed by atoms with Crippen LogP contribution in [0.1, 0.15) is 5.56 Å². The normalized spacial score (nSPS) is 10.6. The van der Waals surface area contributed by atoms with Gasteiger partial charge in [-0.25, -0.2) is 4.39 Å². The summed E-state index contributed by atoms with van der Waals surface area (Å²) in [5.74, 6) is 0.831. The summed E-state index contributed by atoms with van der Waals surface area (Å²) < 4.78 is 24.8. The average molecular weight is 354 g/mol. The number of methoxy groups -OCH3 is 1. The van der Waals surface area contributed by atoms with E-state index in [9.17, 15) is 4.39 Å². The number of hydrogen-bond acceptors (Lipinski definition) is 3. The van der Waals surface area contributed by atoms with Gasteiger partial charge < -0.3 is 14.8 Å². The Morgan fingerprint density at radius 1 is 1.14 bits per heavy atom. The Kier molecular flexibility index (Phi) is 6.17. The molecule has 5 heteroatoms. The van der Waals surface area contributed by atoms with E-state index in [0.717, 1.165) is 12.1 Å². The van der Waals surface area contributed by atoms with E-state index >= 15 is 0 Å². The lowest BCUT2D eigenvalue weighted by atomic mass is 10.2. The number of rotatable bonds is 7. The van der Waals surface area contributed by atoms with Gasteiger partial charge in [-0.2, -0.15) is 0 Å². The summed E-state index contributed by atoms with van der Waals surface area (Å²) in [6.07, 6.45) is 0. The van der Waals surface area contributed by atoms with Gasteiger partial charge in [0, 0.05) is 31.8 Å². The zero-order valence-corrected chi connectivity index (χ0v) is 13.3. The van der Waals surface area contributed by atoms with E-state index in [1.807, 2.05) is 24.3 Å². The van der Waals surface area contributed by atoms with Gasteiger partial charge >= 0.3 is 0 Å². The van der Waals surface area contributed by atoms with Crippen molar-refractivity contribution < 1.29 is 13.9 Å². The van der Waals surface area contributed by atoms with E-state index in [0.29, 0.717) is 29.1 Å². The number of hydrogen-bond donors (Lipinski definition) is 1. The topological polar surface area (TPSA) is 30.5 Å². The van der Waals surface area contributed by atoms with E-state index < -0.39 is 0 Å². The van der Waals surface area contributed by atoms with Crippen LogP contribution in [0.15, 0.2) is 46.9 Å². The van der Waals surface area contributed by atoms with Gasteiger partial charge in [-0.3, -0.25) is 0 Å². The molecule has 0 saturated carbocycles. The van der Waals surface area contributed by atoms with E-state index in [2.05, 4.69) is 21.2 Å². The minimum atomic E-state index is -0.330. The first-order chi connectivity index (χ1) is 10.2. The Labute approximate surface area is 132 Å². The van der Waals surface area contributed by atoms with Crippen LogP contribution in [0.3, 0.4) is 0 Å². The molecule has 0 aliphatic rings. The van der Waals surface area contributed by atoms with E-state index in [1.165, 1.54) is 12.1 Å². The van der Waals surface area contributed by atoms with Gasteiger partial charge in [0.2, 0.25) is 0 Å². The standard InChI is InChI=1S/C16H17BrFNO2/c1-20-9-8-19-11-12-4-2-3-5-15(12)21-16-10-13(18)6-7-14(16)17/h2-7,10,19H,8-9,11H2,1H3. The lowest BCUT2D eigenvalue weighted by Gasteiger charge is -2.13. The largest absolute Gasteiger partial charge is 0.456 e.